The molecule has 1 aromatic heterocycles. The molecule has 3 atom stereocenters. The van der Waals surface area contributed by atoms with Gasteiger partial charge in [0.25, 0.3) is 5.91 Å². The Morgan fingerprint density at radius 1 is 0.837 bits per heavy atom. The number of ether oxygens (including phenoxy) is 2. The molecule has 2 N–H and O–H groups in total. The van der Waals surface area contributed by atoms with Crippen molar-refractivity contribution in [3.05, 3.63) is 90.9 Å². The van der Waals surface area contributed by atoms with Crippen LogP contribution < -0.4 is 10.6 Å². The lowest BCUT2D eigenvalue weighted by Crippen LogP contribution is -2.51. The van der Waals surface area contributed by atoms with Crippen LogP contribution in [0.25, 0.3) is 0 Å². The summed E-state index contributed by atoms with van der Waals surface area (Å²) in [5.74, 6) is -2.36. The van der Waals surface area contributed by atoms with Gasteiger partial charge in [-0.2, -0.15) is 0 Å². The van der Waals surface area contributed by atoms with E-state index in [0.29, 0.717) is 6.42 Å². The number of nitrogens with zero attached hydrogens (tertiary/aromatic N) is 1. The van der Waals surface area contributed by atoms with Crippen molar-refractivity contribution >= 4 is 23.8 Å². The average Bonchev–Trinajstić information content (AvgIpc) is 3.01. The Balaban J connectivity index is 2.30. The number of unbranched alkanes of at least 4 members (excludes halogenated alkanes) is 1. The molecule has 0 aromatic carbocycles. The van der Waals surface area contributed by atoms with E-state index >= 15 is 0 Å². The maximum Gasteiger partial charge on any atom is 0.332 e. The second kappa shape index (κ2) is 23.3. The highest BCUT2D eigenvalue weighted by atomic mass is 16.6. The first-order valence-corrected chi connectivity index (χ1v) is 14.8. The van der Waals surface area contributed by atoms with Gasteiger partial charge >= 0.3 is 11.9 Å². The first kappa shape index (κ1) is 36.8. The van der Waals surface area contributed by atoms with Crippen molar-refractivity contribution in [1.29, 1.82) is 0 Å². The van der Waals surface area contributed by atoms with Crippen molar-refractivity contribution < 1.29 is 28.7 Å². The highest BCUT2D eigenvalue weighted by Gasteiger charge is 2.32. The molecular weight excluding hydrogens is 546 g/mol. The summed E-state index contributed by atoms with van der Waals surface area (Å²) in [6.45, 7) is 5.09. The van der Waals surface area contributed by atoms with Gasteiger partial charge in [-0.25, -0.2) is 9.59 Å². The van der Waals surface area contributed by atoms with Gasteiger partial charge in [0, 0.05) is 18.8 Å². The fourth-order valence-corrected chi connectivity index (χ4v) is 3.69. The number of hydrogen-bond donors (Lipinski definition) is 2. The Bertz CT molecular complexity index is 1120. The van der Waals surface area contributed by atoms with Gasteiger partial charge in [-0.05, 0) is 70.9 Å². The maximum absolute atomic E-state index is 12.6. The van der Waals surface area contributed by atoms with E-state index in [4.69, 9.17) is 9.47 Å². The SMILES string of the molecule is CCC=CCC=CCC=CCC=CCC=CCCCC(=O)NC(C)C(=O)O[C@H](C)[C@H](NC(=O)c1cccnc1)C(=O)OC. The number of rotatable bonds is 20. The normalized spacial score (nSPS) is 14.0. The van der Waals surface area contributed by atoms with Gasteiger partial charge in [0.2, 0.25) is 5.91 Å². The van der Waals surface area contributed by atoms with Gasteiger partial charge < -0.3 is 20.1 Å². The third kappa shape index (κ3) is 17.3. The Kier molecular flexibility index (Phi) is 19.9. The predicted octanol–water partition coefficient (Wildman–Crippen LogP) is 5.71. The van der Waals surface area contributed by atoms with Gasteiger partial charge in [0.15, 0.2) is 6.04 Å². The van der Waals surface area contributed by atoms with Crippen molar-refractivity contribution in [2.24, 2.45) is 0 Å². The molecule has 0 saturated carbocycles. The van der Waals surface area contributed by atoms with E-state index < -0.39 is 36.0 Å². The minimum atomic E-state index is -1.24. The Labute approximate surface area is 256 Å². The summed E-state index contributed by atoms with van der Waals surface area (Å²) in [7, 11) is 1.17. The fourth-order valence-electron chi connectivity index (χ4n) is 3.69. The number of carbonyl (C=O) groups excluding carboxylic acids is 4. The topological polar surface area (TPSA) is 124 Å². The molecule has 9 nitrogen and oxygen atoms in total. The van der Waals surface area contributed by atoms with Gasteiger partial charge in [-0.1, -0.05) is 67.7 Å². The molecule has 0 aliphatic heterocycles. The molecule has 0 spiro atoms. The maximum atomic E-state index is 12.6. The fraction of sp³-hybridized carbons (Fsp3) is 0.441. The number of aromatic nitrogens is 1. The van der Waals surface area contributed by atoms with Crippen LogP contribution in [0.15, 0.2) is 85.3 Å². The third-order valence-electron chi connectivity index (χ3n) is 6.10. The van der Waals surface area contributed by atoms with Crippen molar-refractivity contribution in [1.82, 2.24) is 15.6 Å². The summed E-state index contributed by atoms with van der Waals surface area (Å²) < 4.78 is 10.1. The first-order chi connectivity index (χ1) is 20.8. The minimum absolute atomic E-state index is 0.236. The molecule has 9 heteroatoms. The van der Waals surface area contributed by atoms with E-state index in [1.165, 1.54) is 39.4 Å². The van der Waals surface area contributed by atoms with Gasteiger partial charge in [0.1, 0.15) is 12.1 Å². The van der Waals surface area contributed by atoms with E-state index in [0.717, 1.165) is 38.5 Å². The molecule has 1 rings (SSSR count). The van der Waals surface area contributed by atoms with Gasteiger partial charge in [0.05, 0.1) is 12.7 Å². The summed E-state index contributed by atoms with van der Waals surface area (Å²) >= 11 is 0. The standard InChI is InChI=1S/C34H47N3O6/c1-5-6-7-8-9-10-11-12-13-14-15-16-17-18-19-20-21-24-30(38)36-27(2)33(40)43-28(3)31(34(41)42-4)37-32(39)29-23-22-25-35-26-29/h6-7,9-10,12-13,15-16,18-19,22-23,25-28,31H,5,8,11,14,17,20-21,24H2,1-4H3,(H,36,38)(H,37,39)/t27?,28-,31+/m1/s1. The van der Waals surface area contributed by atoms with Crippen LogP contribution in [-0.2, 0) is 23.9 Å². The zero-order valence-corrected chi connectivity index (χ0v) is 25.9. The largest absolute Gasteiger partial charge is 0.467 e. The van der Waals surface area contributed by atoms with Crippen molar-refractivity contribution in [3.63, 3.8) is 0 Å². The smallest absolute Gasteiger partial charge is 0.332 e. The number of esters is 2. The second-order valence-electron chi connectivity index (χ2n) is 9.75. The molecule has 0 radical (unpaired) electrons. The van der Waals surface area contributed by atoms with Gasteiger partial charge in [-0.15, -0.1) is 0 Å². The Morgan fingerprint density at radius 2 is 1.42 bits per heavy atom. The molecule has 1 unspecified atom stereocenters. The lowest BCUT2D eigenvalue weighted by Gasteiger charge is -2.24. The summed E-state index contributed by atoms with van der Waals surface area (Å²) in [5.41, 5.74) is 0.236. The lowest BCUT2D eigenvalue weighted by atomic mass is 10.1. The predicted molar refractivity (Wildman–Crippen MR) is 169 cm³/mol. The number of methoxy groups -OCH3 is 1. The van der Waals surface area contributed by atoms with E-state index in [1.54, 1.807) is 6.07 Å². The molecule has 0 bridgehead atoms. The van der Waals surface area contributed by atoms with E-state index in [9.17, 15) is 19.2 Å². The summed E-state index contributed by atoms with van der Waals surface area (Å²) in [6.07, 6.45) is 29.6. The summed E-state index contributed by atoms with van der Waals surface area (Å²) in [5, 5.41) is 5.12. The lowest BCUT2D eigenvalue weighted by molar-refractivity contribution is -0.158. The Hall–Kier alpha value is -4.27. The van der Waals surface area contributed by atoms with E-state index in [2.05, 4.69) is 77.2 Å². The molecule has 0 saturated heterocycles. The van der Waals surface area contributed by atoms with E-state index in [-0.39, 0.29) is 17.9 Å². The molecule has 0 fully saturated rings. The molecule has 1 heterocycles. The van der Waals surface area contributed by atoms with Crippen LogP contribution >= 0.6 is 0 Å². The number of amides is 2. The van der Waals surface area contributed by atoms with Crippen LogP contribution in [-0.4, -0.2) is 54.0 Å². The van der Waals surface area contributed by atoms with Gasteiger partial charge in [-0.3, -0.25) is 14.6 Å². The number of hydrogen-bond acceptors (Lipinski definition) is 7. The molecular formula is C34H47N3O6. The Morgan fingerprint density at radius 3 is 1.95 bits per heavy atom. The van der Waals surface area contributed by atoms with Crippen LogP contribution in [0.3, 0.4) is 0 Å². The zero-order chi connectivity index (χ0) is 31.7. The molecule has 1 aromatic rings. The average molecular weight is 594 g/mol. The van der Waals surface area contributed by atoms with E-state index in [1.807, 2.05) is 6.08 Å². The molecule has 0 aliphatic rings. The molecule has 43 heavy (non-hydrogen) atoms. The third-order valence-corrected chi connectivity index (χ3v) is 6.10. The second-order valence-corrected chi connectivity index (χ2v) is 9.75. The quantitative estimate of drug-likeness (QED) is 0.113. The summed E-state index contributed by atoms with van der Waals surface area (Å²) in [4.78, 5) is 53.4. The molecule has 234 valence electrons. The van der Waals surface area contributed by atoms with Crippen molar-refractivity contribution in [2.45, 2.75) is 90.3 Å². The minimum Gasteiger partial charge on any atom is -0.467 e. The number of pyridine rings is 1. The first-order valence-electron chi connectivity index (χ1n) is 14.8. The number of nitrogens with one attached hydrogen (secondary N) is 2. The zero-order valence-electron chi connectivity index (χ0n) is 25.9. The van der Waals surface area contributed by atoms with Crippen molar-refractivity contribution in [3.8, 4) is 0 Å². The summed E-state index contributed by atoms with van der Waals surface area (Å²) in [6, 6.07) is 0.940. The van der Waals surface area contributed by atoms with Crippen molar-refractivity contribution in [2.75, 3.05) is 7.11 Å². The highest BCUT2D eigenvalue weighted by molar-refractivity contribution is 5.96. The van der Waals surface area contributed by atoms with Crippen LogP contribution in [0.5, 0.6) is 0 Å². The van der Waals surface area contributed by atoms with Crippen LogP contribution in [0.1, 0.15) is 82.5 Å². The molecule has 0 aliphatic carbocycles. The molecule has 2 amide bonds. The number of carbonyl (C=O) groups is 4. The monoisotopic (exact) mass is 593 g/mol. The van der Waals surface area contributed by atoms with Crippen LogP contribution in [0, 0.1) is 0 Å². The van der Waals surface area contributed by atoms with Crippen LogP contribution in [0.2, 0.25) is 0 Å². The highest BCUT2D eigenvalue weighted by Crippen LogP contribution is 2.07. The number of allylic oxidation sites excluding steroid dienone is 10. The van der Waals surface area contributed by atoms with Crippen LogP contribution in [0.4, 0.5) is 0 Å².